The summed E-state index contributed by atoms with van der Waals surface area (Å²) in [4.78, 5) is 0. The number of hydrogen-bond acceptors (Lipinski definition) is 0. The number of benzene rings is 7. The molecular weight excluding hydrogens is 540 g/mol. The van der Waals surface area contributed by atoms with Crippen molar-refractivity contribution in [2.24, 2.45) is 0 Å². The summed E-state index contributed by atoms with van der Waals surface area (Å²) in [7, 11) is 0. The maximum Gasteiger partial charge on any atom is 0.0358 e. The standard InChI is InChI=1S/C45H30/c1-2-12-29(13-3-1)43-38-20-10-11-21-39(38)44-37-19-9-6-16-34(37)40-26-31(27-41(43)45(40)44)28-22-24-30(25-23-28)42-35-17-7-4-14-32(35)33-15-5-8-18-36(33)42/h1-27,42-44H. The van der Waals surface area contributed by atoms with Crippen molar-refractivity contribution in [3.8, 4) is 33.4 Å². The predicted octanol–water partition coefficient (Wildman–Crippen LogP) is 11.2. The highest BCUT2D eigenvalue weighted by Crippen LogP contribution is 2.58. The third-order valence-electron chi connectivity index (χ3n) is 10.5. The second kappa shape index (κ2) is 9.52. The summed E-state index contributed by atoms with van der Waals surface area (Å²) in [5.41, 5.74) is 20.8. The van der Waals surface area contributed by atoms with E-state index in [-0.39, 0.29) is 17.8 Å². The lowest BCUT2D eigenvalue weighted by molar-refractivity contribution is 0.839. The van der Waals surface area contributed by atoms with Crippen LogP contribution in [-0.4, -0.2) is 0 Å². The van der Waals surface area contributed by atoms with Gasteiger partial charge in [-0.2, -0.15) is 0 Å². The normalized spacial score (nSPS) is 16.8. The summed E-state index contributed by atoms with van der Waals surface area (Å²) in [5.74, 6) is 0.743. The predicted molar refractivity (Wildman–Crippen MR) is 185 cm³/mol. The lowest BCUT2D eigenvalue weighted by atomic mass is 9.69. The molecule has 10 rings (SSSR count). The van der Waals surface area contributed by atoms with Crippen molar-refractivity contribution in [2.45, 2.75) is 17.8 Å². The first kappa shape index (κ1) is 24.9. The number of hydrogen-bond donors (Lipinski definition) is 0. The smallest absolute Gasteiger partial charge is 0.0358 e. The minimum Gasteiger partial charge on any atom is -0.0622 e. The lowest BCUT2D eigenvalue weighted by Crippen LogP contribution is -2.18. The maximum atomic E-state index is 2.50. The van der Waals surface area contributed by atoms with Gasteiger partial charge in [0.25, 0.3) is 0 Å². The molecule has 0 radical (unpaired) electrons. The van der Waals surface area contributed by atoms with Crippen LogP contribution in [-0.2, 0) is 0 Å². The third-order valence-corrected chi connectivity index (χ3v) is 10.5. The van der Waals surface area contributed by atoms with Crippen molar-refractivity contribution < 1.29 is 0 Å². The van der Waals surface area contributed by atoms with Gasteiger partial charge in [-0.15, -0.1) is 0 Å². The summed E-state index contributed by atoms with van der Waals surface area (Å²) in [6.07, 6.45) is 0. The summed E-state index contributed by atoms with van der Waals surface area (Å²) < 4.78 is 0. The van der Waals surface area contributed by atoms with Gasteiger partial charge in [0, 0.05) is 17.8 Å². The van der Waals surface area contributed by atoms with Gasteiger partial charge in [0.05, 0.1) is 0 Å². The third kappa shape index (κ3) is 3.54. The summed E-state index contributed by atoms with van der Waals surface area (Å²) in [6.45, 7) is 0. The molecule has 0 aromatic heterocycles. The molecule has 0 aliphatic heterocycles. The molecule has 3 aliphatic rings. The van der Waals surface area contributed by atoms with Gasteiger partial charge in [0.2, 0.25) is 0 Å². The Labute approximate surface area is 264 Å². The van der Waals surface area contributed by atoms with Crippen molar-refractivity contribution >= 4 is 0 Å². The van der Waals surface area contributed by atoms with Crippen LogP contribution in [0, 0.1) is 0 Å². The quantitative estimate of drug-likeness (QED) is 0.198. The monoisotopic (exact) mass is 570 g/mol. The van der Waals surface area contributed by atoms with Gasteiger partial charge in [-0.05, 0) is 95.6 Å². The zero-order valence-electron chi connectivity index (χ0n) is 24.8. The highest BCUT2D eigenvalue weighted by atomic mass is 14.4. The second-order valence-electron chi connectivity index (χ2n) is 12.7. The van der Waals surface area contributed by atoms with Gasteiger partial charge in [-0.25, -0.2) is 0 Å². The summed E-state index contributed by atoms with van der Waals surface area (Å²) in [5, 5.41) is 0. The lowest BCUT2D eigenvalue weighted by Gasteiger charge is -2.33. The van der Waals surface area contributed by atoms with E-state index in [2.05, 4.69) is 164 Å². The highest BCUT2D eigenvalue weighted by molar-refractivity contribution is 5.88. The van der Waals surface area contributed by atoms with E-state index in [0.717, 1.165) is 0 Å². The van der Waals surface area contributed by atoms with E-state index >= 15 is 0 Å². The second-order valence-corrected chi connectivity index (χ2v) is 12.7. The van der Waals surface area contributed by atoms with Gasteiger partial charge in [-0.3, -0.25) is 0 Å². The molecule has 0 saturated carbocycles. The molecule has 0 amide bonds. The summed E-state index contributed by atoms with van der Waals surface area (Å²) in [6, 6.07) is 61.5. The molecule has 2 atom stereocenters. The van der Waals surface area contributed by atoms with Crippen LogP contribution in [0.1, 0.15) is 67.8 Å². The van der Waals surface area contributed by atoms with Crippen molar-refractivity contribution in [3.05, 3.63) is 214 Å². The van der Waals surface area contributed by atoms with Gasteiger partial charge in [-0.1, -0.05) is 152 Å². The fraction of sp³-hybridized carbons (Fsp3) is 0.0667. The molecule has 0 bridgehead atoms. The van der Waals surface area contributed by atoms with Crippen molar-refractivity contribution in [1.29, 1.82) is 0 Å². The number of rotatable bonds is 3. The van der Waals surface area contributed by atoms with Crippen LogP contribution in [0.3, 0.4) is 0 Å². The molecule has 3 aliphatic carbocycles. The zero-order chi connectivity index (χ0) is 29.5. The van der Waals surface area contributed by atoms with E-state index in [4.69, 9.17) is 0 Å². The van der Waals surface area contributed by atoms with Crippen LogP contribution in [0.4, 0.5) is 0 Å². The molecule has 0 saturated heterocycles. The Morgan fingerprint density at radius 2 is 0.711 bits per heavy atom. The van der Waals surface area contributed by atoms with E-state index in [1.54, 1.807) is 0 Å². The summed E-state index contributed by atoms with van der Waals surface area (Å²) >= 11 is 0. The number of fused-ring (bicyclic) bond motifs is 8. The Bertz CT molecular complexity index is 2230. The van der Waals surface area contributed by atoms with Gasteiger partial charge < -0.3 is 0 Å². The molecule has 0 spiro atoms. The first-order valence-corrected chi connectivity index (χ1v) is 16.0. The highest BCUT2D eigenvalue weighted by Gasteiger charge is 2.40. The Kier molecular flexibility index (Phi) is 5.27. The Hall–Kier alpha value is -5.46. The molecule has 2 unspecified atom stereocenters. The van der Waals surface area contributed by atoms with Gasteiger partial charge >= 0.3 is 0 Å². The van der Waals surface area contributed by atoms with E-state index in [1.165, 1.54) is 83.5 Å². The Morgan fingerprint density at radius 1 is 0.267 bits per heavy atom. The molecular formula is C45H30. The molecule has 45 heavy (non-hydrogen) atoms. The van der Waals surface area contributed by atoms with E-state index in [0.29, 0.717) is 0 Å². The molecule has 0 nitrogen and oxygen atoms in total. The van der Waals surface area contributed by atoms with Gasteiger partial charge in [0.15, 0.2) is 0 Å². The van der Waals surface area contributed by atoms with Gasteiger partial charge in [0.1, 0.15) is 0 Å². The van der Waals surface area contributed by atoms with E-state index in [9.17, 15) is 0 Å². The molecule has 7 aromatic carbocycles. The van der Waals surface area contributed by atoms with Crippen molar-refractivity contribution in [2.75, 3.05) is 0 Å². The first-order valence-electron chi connectivity index (χ1n) is 16.0. The largest absolute Gasteiger partial charge is 0.0622 e. The average molecular weight is 571 g/mol. The van der Waals surface area contributed by atoms with Crippen LogP contribution >= 0.6 is 0 Å². The zero-order valence-corrected chi connectivity index (χ0v) is 24.8. The Morgan fingerprint density at radius 3 is 1.33 bits per heavy atom. The van der Waals surface area contributed by atoms with Crippen LogP contribution in [0.15, 0.2) is 164 Å². The van der Waals surface area contributed by atoms with Crippen LogP contribution in [0.25, 0.3) is 33.4 Å². The molecule has 0 heterocycles. The molecule has 210 valence electrons. The van der Waals surface area contributed by atoms with Crippen LogP contribution in [0.2, 0.25) is 0 Å². The van der Waals surface area contributed by atoms with E-state index < -0.39 is 0 Å². The first-order chi connectivity index (χ1) is 22.3. The maximum absolute atomic E-state index is 2.50. The fourth-order valence-corrected chi connectivity index (χ4v) is 8.69. The van der Waals surface area contributed by atoms with E-state index in [1.807, 2.05) is 0 Å². The molecule has 7 aromatic rings. The fourth-order valence-electron chi connectivity index (χ4n) is 8.69. The average Bonchev–Trinajstić information content (AvgIpc) is 3.63. The van der Waals surface area contributed by atoms with Crippen LogP contribution < -0.4 is 0 Å². The van der Waals surface area contributed by atoms with Crippen molar-refractivity contribution in [3.63, 3.8) is 0 Å². The minimum absolute atomic E-state index is 0.201. The minimum atomic E-state index is 0.201. The molecule has 0 N–H and O–H groups in total. The van der Waals surface area contributed by atoms with Crippen LogP contribution in [0.5, 0.6) is 0 Å². The SMILES string of the molecule is c1ccc(C2c3ccccc3C3c4ccccc4-c4cc(-c5ccc(C6c7ccccc7-c7ccccc76)cc5)cc2c43)cc1. The van der Waals surface area contributed by atoms with Crippen molar-refractivity contribution in [1.82, 2.24) is 0 Å². The Balaban J connectivity index is 1.15. The topological polar surface area (TPSA) is 0 Å². The molecule has 0 heteroatoms. The molecule has 0 fully saturated rings.